The Hall–Kier alpha value is -1.68. The number of aliphatic hydroxyl groups excluding tert-OH is 1. The summed E-state index contributed by atoms with van der Waals surface area (Å²) in [6.07, 6.45) is 0.786. The van der Waals surface area contributed by atoms with Crippen molar-refractivity contribution >= 4 is 11.8 Å². The number of amides is 2. The second-order valence-corrected chi connectivity index (χ2v) is 6.50. The van der Waals surface area contributed by atoms with E-state index in [9.17, 15) is 14.7 Å². The fraction of sp³-hybridized carbons (Fsp3) is 0.529. The van der Waals surface area contributed by atoms with E-state index in [1.165, 1.54) is 4.90 Å². The first-order valence-corrected chi connectivity index (χ1v) is 7.57. The number of aliphatic hydroxyl groups is 1. The number of fused-ring (bicyclic) bond motifs is 1. The number of aryl methyl sites for hydroxylation is 1. The van der Waals surface area contributed by atoms with E-state index in [1.807, 2.05) is 31.2 Å². The first kappa shape index (κ1) is 14.3. The van der Waals surface area contributed by atoms with E-state index >= 15 is 0 Å². The fourth-order valence-corrected chi connectivity index (χ4v) is 3.59. The van der Waals surface area contributed by atoms with Crippen LogP contribution >= 0.6 is 0 Å². The number of β-amino-alcohol motifs (C(OH)–C–C–N with tert-alkyl or cyclic N) is 1. The zero-order valence-corrected chi connectivity index (χ0v) is 12.5. The van der Waals surface area contributed by atoms with Crippen molar-refractivity contribution in [3.63, 3.8) is 0 Å². The molecule has 0 spiro atoms. The second-order valence-electron chi connectivity index (χ2n) is 6.50. The summed E-state index contributed by atoms with van der Waals surface area (Å²) in [5.74, 6) is -0.0615. The molecule has 1 aromatic rings. The molecule has 4 nitrogen and oxygen atoms in total. The Labute approximate surface area is 124 Å². The molecule has 21 heavy (non-hydrogen) atoms. The summed E-state index contributed by atoms with van der Waals surface area (Å²) < 4.78 is 0. The van der Waals surface area contributed by atoms with Gasteiger partial charge in [0.15, 0.2) is 0 Å². The van der Waals surface area contributed by atoms with E-state index in [-0.39, 0.29) is 30.2 Å². The number of hydrogen-bond acceptors (Lipinski definition) is 3. The number of hydrogen-bond donors (Lipinski definition) is 1. The third kappa shape index (κ3) is 2.48. The highest BCUT2D eigenvalue weighted by Crippen LogP contribution is 2.43. The zero-order chi connectivity index (χ0) is 15.1. The SMILES string of the molecule is Cc1ccc(C(O)CN2C(=O)C3CC(C)CC3C2=O)cc1. The van der Waals surface area contributed by atoms with Gasteiger partial charge in [0.2, 0.25) is 11.8 Å². The van der Waals surface area contributed by atoms with Gasteiger partial charge in [0.1, 0.15) is 0 Å². The lowest BCUT2D eigenvalue weighted by Gasteiger charge is -2.20. The van der Waals surface area contributed by atoms with Crippen molar-refractivity contribution in [3.8, 4) is 0 Å². The van der Waals surface area contributed by atoms with Crippen LogP contribution in [0.15, 0.2) is 24.3 Å². The third-order valence-electron chi connectivity index (χ3n) is 4.78. The third-order valence-corrected chi connectivity index (χ3v) is 4.78. The maximum atomic E-state index is 12.4. The Balaban J connectivity index is 1.72. The fourth-order valence-electron chi connectivity index (χ4n) is 3.59. The molecule has 3 unspecified atom stereocenters. The van der Waals surface area contributed by atoms with Gasteiger partial charge in [-0.15, -0.1) is 0 Å². The van der Waals surface area contributed by atoms with Crippen LogP contribution in [-0.4, -0.2) is 28.4 Å². The van der Waals surface area contributed by atoms with Crippen LogP contribution in [0.1, 0.15) is 37.0 Å². The monoisotopic (exact) mass is 287 g/mol. The Kier molecular flexibility index (Phi) is 3.57. The van der Waals surface area contributed by atoms with E-state index in [0.717, 1.165) is 24.0 Å². The highest BCUT2D eigenvalue weighted by atomic mass is 16.3. The first-order valence-electron chi connectivity index (χ1n) is 7.57. The minimum atomic E-state index is -0.810. The second kappa shape index (κ2) is 5.26. The summed E-state index contributed by atoms with van der Waals surface area (Å²) in [5.41, 5.74) is 1.86. The summed E-state index contributed by atoms with van der Waals surface area (Å²) in [6, 6.07) is 7.52. The number of nitrogens with zero attached hydrogens (tertiary/aromatic N) is 1. The largest absolute Gasteiger partial charge is 0.387 e. The average molecular weight is 287 g/mol. The van der Waals surface area contributed by atoms with Crippen LogP contribution in [0.2, 0.25) is 0 Å². The summed E-state index contributed by atoms with van der Waals surface area (Å²) in [6.45, 7) is 4.14. The van der Waals surface area contributed by atoms with Gasteiger partial charge in [0.25, 0.3) is 0 Å². The van der Waals surface area contributed by atoms with Crippen molar-refractivity contribution < 1.29 is 14.7 Å². The van der Waals surface area contributed by atoms with Gasteiger partial charge in [-0.1, -0.05) is 36.8 Å². The van der Waals surface area contributed by atoms with E-state index in [2.05, 4.69) is 6.92 Å². The van der Waals surface area contributed by atoms with Gasteiger partial charge in [-0.2, -0.15) is 0 Å². The van der Waals surface area contributed by atoms with Crippen LogP contribution in [0.5, 0.6) is 0 Å². The van der Waals surface area contributed by atoms with Gasteiger partial charge in [-0.3, -0.25) is 14.5 Å². The summed E-state index contributed by atoms with van der Waals surface area (Å²) in [7, 11) is 0. The van der Waals surface area contributed by atoms with Crippen LogP contribution in [-0.2, 0) is 9.59 Å². The lowest BCUT2D eigenvalue weighted by Crippen LogP contribution is -2.35. The topological polar surface area (TPSA) is 57.6 Å². The molecule has 1 aromatic carbocycles. The maximum absolute atomic E-state index is 12.4. The predicted molar refractivity (Wildman–Crippen MR) is 78.2 cm³/mol. The minimum absolute atomic E-state index is 0.0715. The molecule has 0 bridgehead atoms. The quantitative estimate of drug-likeness (QED) is 0.866. The molecule has 4 heteroatoms. The van der Waals surface area contributed by atoms with Gasteiger partial charge in [0.05, 0.1) is 24.5 Å². The maximum Gasteiger partial charge on any atom is 0.233 e. The predicted octanol–water partition coefficient (Wildman–Crippen LogP) is 2.06. The Bertz CT molecular complexity index is 542. The molecule has 0 aromatic heterocycles. The summed E-state index contributed by atoms with van der Waals surface area (Å²) >= 11 is 0. The lowest BCUT2D eigenvalue weighted by atomic mass is 10.00. The summed E-state index contributed by atoms with van der Waals surface area (Å²) in [4.78, 5) is 26.0. The molecular weight excluding hydrogens is 266 g/mol. The van der Waals surface area contributed by atoms with Crippen LogP contribution < -0.4 is 0 Å². The number of imide groups is 1. The minimum Gasteiger partial charge on any atom is -0.387 e. The van der Waals surface area contributed by atoms with Crippen LogP contribution in [0.25, 0.3) is 0 Å². The van der Waals surface area contributed by atoms with E-state index in [0.29, 0.717) is 5.92 Å². The van der Waals surface area contributed by atoms with Crippen molar-refractivity contribution in [1.29, 1.82) is 0 Å². The van der Waals surface area contributed by atoms with Crippen molar-refractivity contribution in [1.82, 2.24) is 4.90 Å². The molecule has 2 aliphatic rings. The molecule has 1 N–H and O–H groups in total. The number of likely N-dealkylation sites (tertiary alicyclic amines) is 1. The molecule has 1 saturated carbocycles. The first-order chi connectivity index (χ1) is 9.97. The van der Waals surface area contributed by atoms with Crippen molar-refractivity contribution in [2.45, 2.75) is 32.8 Å². The van der Waals surface area contributed by atoms with Gasteiger partial charge >= 0.3 is 0 Å². The number of carbonyl (C=O) groups is 2. The average Bonchev–Trinajstić information content (AvgIpc) is 2.93. The van der Waals surface area contributed by atoms with Crippen LogP contribution in [0, 0.1) is 24.7 Å². The van der Waals surface area contributed by atoms with Gasteiger partial charge < -0.3 is 5.11 Å². The molecule has 2 amide bonds. The number of carbonyl (C=O) groups excluding carboxylic acids is 2. The van der Waals surface area contributed by atoms with Crippen LogP contribution in [0.3, 0.4) is 0 Å². The molecule has 3 rings (SSSR count). The lowest BCUT2D eigenvalue weighted by molar-refractivity contribution is -0.142. The molecule has 1 saturated heterocycles. The van der Waals surface area contributed by atoms with Gasteiger partial charge in [0, 0.05) is 0 Å². The standard InChI is InChI=1S/C17H21NO3/c1-10-3-5-12(6-4-10)15(19)9-18-16(20)13-7-11(2)8-14(13)17(18)21/h3-6,11,13-15,19H,7-9H2,1-2H3. The van der Waals surface area contributed by atoms with Crippen LogP contribution in [0.4, 0.5) is 0 Å². The number of rotatable bonds is 3. The van der Waals surface area contributed by atoms with E-state index in [4.69, 9.17) is 0 Å². The molecule has 1 aliphatic heterocycles. The Morgan fingerprint density at radius 3 is 2.19 bits per heavy atom. The van der Waals surface area contributed by atoms with E-state index in [1.54, 1.807) is 0 Å². The summed E-state index contributed by atoms with van der Waals surface area (Å²) in [5, 5.41) is 10.3. The van der Waals surface area contributed by atoms with Crippen molar-refractivity contribution in [3.05, 3.63) is 35.4 Å². The molecule has 1 aliphatic carbocycles. The zero-order valence-electron chi connectivity index (χ0n) is 12.5. The highest BCUT2D eigenvalue weighted by molar-refractivity contribution is 6.05. The molecule has 1 heterocycles. The van der Waals surface area contributed by atoms with Gasteiger partial charge in [-0.05, 0) is 31.2 Å². The molecule has 0 radical (unpaired) electrons. The molecular formula is C17H21NO3. The van der Waals surface area contributed by atoms with Crippen molar-refractivity contribution in [2.75, 3.05) is 6.54 Å². The molecule has 112 valence electrons. The van der Waals surface area contributed by atoms with Crippen molar-refractivity contribution in [2.24, 2.45) is 17.8 Å². The molecule has 2 fully saturated rings. The van der Waals surface area contributed by atoms with E-state index < -0.39 is 6.10 Å². The Morgan fingerprint density at radius 2 is 1.67 bits per heavy atom. The number of benzene rings is 1. The highest BCUT2D eigenvalue weighted by Gasteiger charge is 2.51. The smallest absolute Gasteiger partial charge is 0.233 e. The molecule has 3 atom stereocenters. The van der Waals surface area contributed by atoms with Gasteiger partial charge in [-0.25, -0.2) is 0 Å². The normalized spacial score (nSPS) is 29.9. The Morgan fingerprint density at radius 1 is 1.14 bits per heavy atom.